The van der Waals surface area contributed by atoms with Crippen molar-refractivity contribution in [3.8, 4) is 11.7 Å². The van der Waals surface area contributed by atoms with Crippen molar-refractivity contribution < 1.29 is 4.74 Å². The second-order valence-electron chi connectivity index (χ2n) is 3.66. The summed E-state index contributed by atoms with van der Waals surface area (Å²) in [5, 5.41) is 4.01. The lowest BCUT2D eigenvalue weighted by atomic mass is 10.2. The van der Waals surface area contributed by atoms with Crippen LogP contribution in [0, 0.1) is 6.92 Å². The summed E-state index contributed by atoms with van der Waals surface area (Å²) in [7, 11) is 3.08. The highest BCUT2D eigenvalue weighted by molar-refractivity contribution is 9.10. The molecule has 0 bridgehead atoms. The van der Waals surface area contributed by atoms with E-state index in [1.54, 1.807) is 7.05 Å². The van der Waals surface area contributed by atoms with E-state index >= 15 is 0 Å². The van der Waals surface area contributed by atoms with Crippen LogP contribution in [0.4, 0.5) is 0 Å². The van der Waals surface area contributed by atoms with Gasteiger partial charge < -0.3 is 4.74 Å². The highest BCUT2D eigenvalue weighted by atomic mass is 79.9. The number of rotatable bonds is 2. The molecule has 5 nitrogen and oxygen atoms in total. The quantitative estimate of drug-likeness (QED) is 0.847. The molecule has 1 heterocycles. The van der Waals surface area contributed by atoms with Gasteiger partial charge in [-0.25, -0.2) is 14.0 Å². The molecule has 1 aromatic carbocycles. The largest absolute Gasteiger partial charge is 0.467 e. The van der Waals surface area contributed by atoms with E-state index in [1.165, 1.54) is 16.4 Å². The van der Waals surface area contributed by atoms with E-state index in [0.29, 0.717) is 0 Å². The molecule has 0 atom stereocenters. The van der Waals surface area contributed by atoms with Crippen molar-refractivity contribution in [2.24, 2.45) is 7.05 Å². The number of hydrogen-bond donors (Lipinski definition) is 0. The lowest BCUT2D eigenvalue weighted by Crippen LogP contribution is -2.22. The van der Waals surface area contributed by atoms with E-state index in [2.05, 4.69) is 21.0 Å². The van der Waals surface area contributed by atoms with Crippen molar-refractivity contribution in [1.82, 2.24) is 14.3 Å². The summed E-state index contributed by atoms with van der Waals surface area (Å²) in [5.74, 6) is 0. The number of nitrogens with zero attached hydrogens (tertiary/aromatic N) is 3. The smallest absolute Gasteiger partial charge is 0.353 e. The fourth-order valence-electron chi connectivity index (χ4n) is 1.60. The Hall–Kier alpha value is -1.56. The lowest BCUT2D eigenvalue weighted by molar-refractivity contribution is 0.368. The van der Waals surface area contributed by atoms with Gasteiger partial charge in [-0.2, -0.15) is 0 Å². The van der Waals surface area contributed by atoms with Crippen LogP contribution in [-0.4, -0.2) is 21.5 Å². The number of benzene rings is 1. The molecular weight excluding hydrogens is 286 g/mol. The van der Waals surface area contributed by atoms with Crippen molar-refractivity contribution >= 4 is 15.9 Å². The summed E-state index contributed by atoms with van der Waals surface area (Å²) in [6.45, 7) is 1.93. The number of halogens is 1. The van der Waals surface area contributed by atoms with Crippen molar-refractivity contribution in [1.29, 1.82) is 0 Å². The minimum absolute atomic E-state index is 0.233. The molecule has 0 aliphatic rings. The van der Waals surface area contributed by atoms with Gasteiger partial charge in [0.25, 0.3) is 0 Å². The molecule has 0 saturated carbocycles. The molecule has 0 aliphatic heterocycles. The van der Waals surface area contributed by atoms with Gasteiger partial charge in [0.05, 0.1) is 12.8 Å². The zero-order chi connectivity index (χ0) is 12.6. The van der Waals surface area contributed by atoms with Gasteiger partial charge in [0.1, 0.15) is 0 Å². The molecule has 0 fully saturated rings. The second kappa shape index (κ2) is 4.37. The van der Waals surface area contributed by atoms with Gasteiger partial charge in [-0.3, -0.25) is 0 Å². The van der Waals surface area contributed by atoms with Gasteiger partial charge in [-0.05, 0) is 24.6 Å². The van der Waals surface area contributed by atoms with Crippen LogP contribution in [0.2, 0.25) is 0 Å². The van der Waals surface area contributed by atoms with Crippen LogP contribution < -0.4 is 10.4 Å². The van der Waals surface area contributed by atoms with Crippen LogP contribution in [0.1, 0.15) is 5.56 Å². The minimum atomic E-state index is -0.233. The predicted octanol–water partition coefficient (Wildman–Crippen LogP) is 1.65. The molecule has 1 aromatic heterocycles. The summed E-state index contributed by atoms with van der Waals surface area (Å²) in [6.07, 6.45) is 0. The Bertz CT molecular complexity index is 616. The maximum absolute atomic E-state index is 12.0. The Morgan fingerprint density at radius 3 is 2.76 bits per heavy atom. The first kappa shape index (κ1) is 11.9. The normalized spacial score (nSPS) is 10.6. The Morgan fingerprint density at radius 1 is 1.41 bits per heavy atom. The summed E-state index contributed by atoms with van der Waals surface area (Å²) in [5.41, 5.74) is 1.50. The molecule has 0 aliphatic carbocycles. The topological polar surface area (TPSA) is 49.1 Å². The monoisotopic (exact) mass is 297 g/mol. The van der Waals surface area contributed by atoms with Gasteiger partial charge in [0.15, 0.2) is 0 Å². The van der Waals surface area contributed by atoms with Crippen molar-refractivity contribution in [2.45, 2.75) is 6.92 Å². The maximum Gasteiger partial charge on any atom is 0.353 e. The van der Waals surface area contributed by atoms with Gasteiger partial charge in [-0.1, -0.05) is 22.0 Å². The van der Waals surface area contributed by atoms with Gasteiger partial charge in [-0.15, -0.1) is 5.10 Å². The van der Waals surface area contributed by atoms with Crippen molar-refractivity contribution in [2.75, 3.05) is 7.11 Å². The molecule has 0 spiro atoms. The molecule has 0 amide bonds. The van der Waals surface area contributed by atoms with E-state index < -0.39 is 0 Å². The number of methoxy groups -OCH3 is 1. The molecule has 0 unspecified atom stereocenters. The maximum atomic E-state index is 12.0. The predicted molar refractivity (Wildman–Crippen MR) is 67.8 cm³/mol. The zero-order valence-electron chi connectivity index (χ0n) is 9.77. The van der Waals surface area contributed by atoms with E-state index in [4.69, 9.17) is 4.74 Å². The first-order valence-electron chi connectivity index (χ1n) is 5.01. The summed E-state index contributed by atoms with van der Waals surface area (Å²) in [4.78, 5) is 12.0. The van der Waals surface area contributed by atoms with E-state index in [1.807, 2.05) is 25.1 Å². The number of aromatic nitrogens is 3. The van der Waals surface area contributed by atoms with Crippen LogP contribution >= 0.6 is 15.9 Å². The Morgan fingerprint density at radius 2 is 2.12 bits per heavy atom. The minimum Gasteiger partial charge on any atom is -0.467 e. The van der Waals surface area contributed by atoms with E-state index in [0.717, 1.165) is 15.7 Å². The summed E-state index contributed by atoms with van der Waals surface area (Å²) < 4.78 is 8.70. The molecule has 0 N–H and O–H groups in total. The molecule has 6 heteroatoms. The fourth-order valence-corrected chi connectivity index (χ4v) is 1.95. The molecule has 2 rings (SSSR count). The van der Waals surface area contributed by atoms with Gasteiger partial charge in [0.2, 0.25) is 0 Å². The molecular formula is C11H12BrN3O2. The van der Waals surface area contributed by atoms with Crippen LogP contribution in [0.25, 0.3) is 5.69 Å². The second-order valence-corrected chi connectivity index (χ2v) is 4.57. The fraction of sp³-hybridized carbons (Fsp3) is 0.273. The highest BCUT2D eigenvalue weighted by Crippen LogP contribution is 2.21. The third-order valence-corrected chi connectivity index (χ3v) is 2.98. The standard InChI is InChI=1S/C11H12BrN3O2/c1-7-4-5-8(12)6-9(7)15-10(17-3)13-14(2)11(15)16/h4-6H,1-3H3. The molecule has 90 valence electrons. The Kier molecular flexibility index (Phi) is 3.06. The molecule has 0 saturated heterocycles. The third kappa shape index (κ3) is 2.00. The first-order valence-corrected chi connectivity index (χ1v) is 5.80. The Balaban J connectivity index is 2.76. The Labute approximate surface area is 107 Å². The molecule has 17 heavy (non-hydrogen) atoms. The third-order valence-electron chi connectivity index (χ3n) is 2.49. The SMILES string of the molecule is COc1nn(C)c(=O)n1-c1cc(Br)ccc1C. The van der Waals surface area contributed by atoms with Gasteiger partial charge >= 0.3 is 11.7 Å². The van der Waals surface area contributed by atoms with Gasteiger partial charge in [0, 0.05) is 11.5 Å². The number of hydrogen-bond acceptors (Lipinski definition) is 3. The van der Waals surface area contributed by atoms with Crippen LogP contribution in [0.5, 0.6) is 6.01 Å². The van der Waals surface area contributed by atoms with Crippen LogP contribution in [0.15, 0.2) is 27.5 Å². The van der Waals surface area contributed by atoms with Crippen molar-refractivity contribution in [3.05, 3.63) is 38.7 Å². The lowest BCUT2D eigenvalue weighted by Gasteiger charge is -2.07. The molecule has 0 radical (unpaired) electrons. The van der Waals surface area contributed by atoms with E-state index in [9.17, 15) is 4.79 Å². The number of aryl methyl sites for hydroxylation is 2. The highest BCUT2D eigenvalue weighted by Gasteiger charge is 2.15. The zero-order valence-corrected chi connectivity index (χ0v) is 11.4. The average molecular weight is 298 g/mol. The van der Waals surface area contributed by atoms with Crippen LogP contribution in [-0.2, 0) is 7.05 Å². The van der Waals surface area contributed by atoms with Crippen LogP contribution in [0.3, 0.4) is 0 Å². The van der Waals surface area contributed by atoms with Crippen molar-refractivity contribution in [3.63, 3.8) is 0 Å². The first-order chi connectivity index (χ1) is 8.04. The molecule has 2 aromatic rings. The number of ether oxygens (including phenoxy) is 1. The summed E-state index contributed by atoms with van der Waals surface area (Å²) in [6, 6.07) is 5.99. The summed E-state index contributed by atoms with van der Waals surface area (Å²) >= 11 is 3.39. The van der Waals surface area contributed by atoms with E-state index in [-0.39, 0.29) is 11.7 Å². The average Bonchev–Trinajstić information content (AvgIpc) is 2.59.